The molecule has 1 amide bonds. The monoisotopic (exact) mass is 265 g/mol. The molecule has 1 saturated heterocycles. The molecule has 2 aliphatic heterocycles. The molecule has 1 aromatic rings. The van der Waals surface area contributed by atoms with Gasteiger partial charge in [-0.05, 0) is 19.9 Å². The Hall–Kier alpha value is -1.47. The van der Waals surface area contributed by atoms with Crippen molar-refractivity contribution in [3.05, 3.63) is 5.82 Å². The summed E-state index contributed by atoms with van der Waals surface area (Å²) in [5, 5.41) is 7.06. The molecule has 1 fully saturated rings. The first kappa shape index (κ1) is 12.6. The van der Waals surface area contributed by atoms with Gasteiger partial charge in [0.25, 0.3) is 5.91 Å². The van der Waals surface area contributed by atoms with E-state index in [0.717, 1.165) is 38.2 Å². The maximum absolute atomic E-state index is 12.1. The van der Waals surface area contributed by atoms with E-state index in [1.54, 1.807) is 0 Å². The van der Waals surface area contributed by atoms with Crippen LogP contribution in [0.2, 0.25) is 0 Å². The second-order valence-electron chi connectivity index (χ2n) is 5.14. The number of carbonyl (C=O) groups excluding carboxylic acids is 1. The first-order chi connectivity index (χ1) is 9.22. The van der Waals surface area contributed by atoms with E-state index in [-0.39, 0.29) is 5.91 Å². The van der Waals surface area contributed by atoms with Crippen LogP contribution in [-0.4, -0.2) is 58.4 Å². The van der Waals surface area contributed by atoms with E-state index in [9.17, 15) is 4.79 Å². The van der Waals surface area contributed by atoms with Crippen molar-refractivity contribution in [3.63, 3.8) is 0 Å². The Bertz CT molecular complexity index is 449. The van der Waals surface area contributed by atoms with Crippen LogP contribution in [0.1, 0.15) is 18.7 Å². The third kappa shape index (κ3) is 2.76. The van der Waals surface area contributed by atoms with Crippen LogP contribution in [0.4, 0.5) is 5.95 Å². The van der Waals surface area contributed by atoms with Crippen LogP contribution in [0.25, 0.3) is 0 Å². The SMILES string of the molecule is CN1CCOC(C(=O)Nc2nc3n(n2)CCCC3)C1. The van der Waals surface area contributed by atoms with Gasteiger partial charge >= 0.3 is 0 Å². The number of nitrogens with one attached hydrogen (secondary N) is 1. The number of morpholine rings is 1. The summed E-state index contributed by atoms with van der Waals surface area (Å²) < 4.78 is 7.35. The number of anilines is 1. The zero-order valence-corrected chi connectivity index (χ0v) is 11.1. The van der Waals surface area contributed by atoms with Crippen LogP contribution in [0.15, 0.2) is 0 Å². The third-order valence-electron chi connectivity index (χ3n) is 3.57. The maximum Gasteiger partial charge on any atom is 0.257 e. The molecule has 0 aliphatic carbocycles. The van der Waals surface area contributed by atoms with E-state index in [2.05, 4.69) is 20.3 Å². The van der Waals surface area contributed by atoms with Gasteiger partial charge in [0.05, 0.1) is 6.61 Å². The smallest absolute Gasteiger partial charge is 0.257 e. The van der Waals surface area contributed by atoms with E-state index in [1.165, 1.54) is 0 Å². The molecule has 1 atom stereocenters. The first-order valence-corrected chi connectivity index (χ1v) is 6.77. The van der Waals surface area contributed by atoms with Gasteiger partial charge in [0, 0.05) is 26.1 Å². The first-order valence-electron chi connectivity index (χ1n) is 6.77. The second kappa shape index (κ2) is 5.26. The van der Waals surface area contributed by atoms with Crippen molar-refractivity contribution < 1.29 is 9.53 Å². The van der Waals surface area contributed by atoms with Gasteiger partial charge in [-0.15, -0.1) is 5.10 Å². The fraction of sp³-hybridized carbons (Fsp3) is 0.750. The van der Waals surface area contributed by atoms with E-state index < -0.39 is 6.10 Å². The number of aryl methyl sites for hydroxylation is 2. The highest BCUT2D eigenvalue weighted by Gasteiger charge is 2.26. The Balaban J connectivity index is 1.64. The van der Waals surface area contributed by atoms with Gasteiger partial charge in [-0.1, -0.05) is 0 Å². The second-order valence-corrected chi connectivity index (χ2v) is 5.14. The van der Waals surface area contributed by atoms with Gasteiger partial charge in [-0.25, -0.2) is 4.68 Å². The molecule has 1 unspecified atom stereocenters. The minimum atomic E-state index is -0.431. The lowest BCUT2D eigenvalue weighted by molar-refractivity contribution is -0.132. The molecule has 0 saturated carbocycles. The molecule has 7 heteroatoms. The molecule has 7 nitrogen and oxygen atoms in total. The summed E-state index contributed by atoms with van der Waals surface area (Å²) in [5.41, 5.74) is 0. The van der Waals surface area contributed by atoms with Gasteiger partial charge < -0.3 is 9.64 Å². The molecular formula is C12H19N5O2. The van der Waals surface area contributed by atoms with Crippen LogP contribution in [-0.2, 0) is 22.5 Å². The van der Waals surface area contributed by atoms with Crippen molar-refractivity contribution >= 4 is 11.9 Å². The fourth-order valence-electron chi connectivity index (χ4n) is 2.46. The number of ether oxygens (including phenoxy) is 1. The minimum Gasteiger partial charge on any atom is -0.366 e. The van der Waals surface area contributed by atoms with E-state index in [1.807, 2.05) is 11.7 Å². The Labute approximate surface area is 111 Å². The highest BCUT2D eigenvalue weighted by atomic mass is 16.5. The van der Waals surface area contributed by atoms with Crippen LogP contribution >= 0.6 is 0 Å². The van der Waals surface area contributed by atoms with Crippen molar-refractivity contribution in [3.8, 4) is 0 Å². The molecule has 3 heterocycles. The van der Waals surface area contributed by atoms with Gasteiger partial charge in [0.1, 0.15) is 11.9 Å². The van der Waals surface area contributed by atoms with E-state index in [4.69, 9.17) is 4.74 Å². The summed E-state index contributed by atoms with van der Waals surface area (Å²) >= 11 is 0. The minimum absolute atomic E-state index is 0.158. The molecule has 2 aliphatic rings. The zero-order valence-electron chi connectivity index (χ0n) is 11.1. The number of hydrogen-bond donors (Lipinski definition) is 1. The Morgan fingerprint density at radius 1 is 1.42 bits per heavy atom. The molecule has 3 rings (SSSR count). The zero-order chi connectivity index (χ0) is 13.2. The normalized spacial score (nSPS) is 23.9. The van der Waals surface area contributed by atoms with E-state index in [0.29, 0.717) is 19.1 Å². The molecule has 0 bridgehead atoms. The predicted octanol–water partition coefficient (Wildman–Crippen LogP) is -0.116. The number of fused-ring (bicyclic) bond motifs is 1. The summed E-state index contributed by atoms with van der Waals surface area (Å²) in [6.45, 7) is 2.95. The van der Waals surface area contributed by atoms with Gasteiger partial charge in [-0.2, -0.15) is 4.98 Å². The predicted molar refractivity (Wildman–Crippen MR) is 68.8 cm³/mol. The number of carbonyl (C=O) groups is 1. The molecule has 1 N–H and O–H groups in total. The van der Waals surface area contributed by atoms with Crippen molar-refractivity contribution in [2.24, 2.45) is 0 Å². The fourth-order valence-corrected chi connectivity index (χ4v) is 2.46. The maximum atomic E-state index is 12.1. The molecule has 0 aromatic carbocycles. The highest BCUT2D eigenvalue weighted by molar-refractivity contribution is 5.92. The summed E-state index contributed by atoms with van der Waals surface area (Å²) in [4.78, 5) is 18.5. The van der Waals surface area contributed by atoms with Gasteiger partial charge in [0.15, 0.2) is 0 Å². The molecule has 0 spiro atoms. The summed E-state index contributed by atoms with van der Waals surface area (Å²) in [6, 6.07) is 0. The van der Waals surface area contributed by atoms with Gasteiger partial charge in [-0.3, -0.25) is 10.1 Å². The molecule has 1 aromatic heterocycles. The van der Waals surface area contributed by atoms with Crippen molar-refractivity contribution in [1.82, 2.24) is 19.7 Å². The molecule has 0 radical (unpaired) electrons. The van der Waals surface area contributed by atoms with Crippen molar-refractivity contribution in [1.29, 1.82) is 0 Å². The van der Waals surface area contributed by atoms with Crippen LogP contribution in [0.5, 0.6) is 0 Å². The summed E-state index contributed by atoms with van der Waals surface area (Å²) in [6.07, 6.45) is 2.77. The number of amides is 1. The molecular weight excluding hydrogens is 246 g/mol. The number of likely N-dealkylation sites (N-methyl/N-ethyl adjacent to an activating group) is 1. The number of nitrogens with zero attached hydrogens (tertiary/aromatic N) is 4. The Morgan fingerprint density at radius 2 is 2.32 bits per heavy atom. The standard InChI is InChI=1S/C12H19N5O2/c1-16-6-7-19-9(8-16)11(18)14-12-13-10-4-2-3-5-17(10)15-12/h9H,2-8H2,1H3,(H,14,15,18). The highest BCUT2D eigenvalue weighted by Crippen LogP contribution is 2.14. The van der Waals surface area contributed by atoms with Crippen molar-refractivity contribution in [2.45, 2.75) is 31.9 Å². The largest absolute Gasteiger partial charge is 0.366 e. The lowest BCUT2D eigenvalue weighted by Gasteiger charge is -2.28. The Kier molecular flexibility index (Phi) is 3.48. The lowest BCUT2D eigenvalue weighted by Crippen LogP contribution is -2.46. The average Bonchev–Trinajstić information content (AvgIpc) is 2.80. The average molecular weight is 265 g/mol. The third-order valence-corrected chi connectivity index (χ3v) is 3.57. The summed E-state index contributed by atoms with van der Waals surface area (Å²) in [7, 11) is 1.98. The van der Waals surface area contributed by atoms with Crippen LogP contribution in [0.3, 0.4) is 0 Å². The van der Waals surface area contributed by atoms with Crippen molar-refractivity contribution in [2.75, 3.05) is 32.1 Å². The molecule has 19 heavy (non-hydrogen) atoms. The van der Waals surface area contributed by atoms with E-state index >= 15 is 0 Å². The topological polar surface area (TPSA) is 72.3 Å². The number of rotatable bonds is 2. The molecule has 104 valence electrons. The van der Waals surface area contributed by atoms with Crippen LogP contribution < -0.4 is 5.32 Å². The summed E-state index contributed by atoms with van der Waals surface area (Å²) in [5.74, 6) is 1.21. The van der Waals surface area contributed by atoms with Gasteiger partial charge in [0.2, 0.25) is 5.95 Å². The lowest BCUT2D eigenvalue weighted by atomic mass is 10.2. The Morgan fingerprint density at radius 3 is 3.11 bits per heavy atom. The van der Waals surface area contributed by atoms with Crippen LogP contribution in [0, 0.1) is 0 Å². The number of hydrogen-bond acceptors (Lipinski definition) is 5. The quantitative estimate of drug-likeness (QED) is 0.807. The number of aromatic nitrogens is 3.